The lowest BCUT2D eigenvalue weighted by Gasteiger charge is -2.26. The van der Waals surface area contributed by atoms with Gasteiger partial charge in [0, 0.05) is 18.6 Å². The van der Waals surface area contributed by atoms with E-state index in [4.69, 9.17) is 4.74 Å². The Morgan fingerprint density at radius 1 is 1.07 bits per heavy atom. The molecule has 2 aromatic rings. The second-order valence-corrected chi connectivity index (χ2v) is 7.12. The Labute approximate surface area is 170 Å². The lowest BCUT2D eigenvalue weighted by atomic mass is 10.1. The molecule has 0 aromatic heterocycles. The summed E-state index contributed by atoms with van der Waals surface area (Å²) in [6, 6.07) is 11.1. The van der Waals surface area contributed by atoms with E-state index in [1.165, 1.54) is 13.2 Å². The van der Waals surface area contributed by atoms with Gasteiger partial charge in [-0.15, -0.1) is 0 Å². The number of imide groups is 2. The summed E-state index contributed by atoms with van der Waals surface area (Å²) in [4.78, 5) is 40.3. The van der Waals surface area contributed by atoms with Crippen LogP contribution in [-0.2, 0) is 9.59 Å². The highest BCUT2D eigenvalue weighted by molar-refractivity contribution is 9.10. The lowest BCUT2D eigenvalue weighted by Crippen LogP contribution is -2.54. The minimum atomic E-state index is -0.790. The SMILES string of the molecule is COc1ccc(N2C(=O)NC(=O)/C(=C\c3ccc(N(C)C)c(Br)c3)C2=O)cc1. The molecular formula is C20H18BrN3O4. The fraction of sp³-hybridized carbons (Fsp3) is 0.150. The van der Waals surface area contributed by atoms with Gasteiger partial charge >= 0.3 is 6.03 Å². The topological polar surface area (TPSA) is 79.0 Å². The van der Waals surface area contributed by atoms with E-state index in [0.29, 0.717) is 17.0 Å². The Kier molecular flexibility index (Phi) is 5.51. The summed E-state index contributed by atoms with van der Waals surface area (Å²) in [7, 11) is 5.34. The quantitative estimate of drug-likeness (QED) is 0.579. The number of halogens is 1. The zero-order chi connectivity index (χ0) is 20.4. The van der Waals surface area contributed by atoms with Crippen LogP contribution in [0.5, 0.6) is 5.75 Å². The first-order valence-corrected chi connectivity index (χ1v) is 9.13. The summed E-state index contributed by atoms with van der Waals surface area (Å²) in [5.74, 6) is -0.828. The van der Waals surface area contributed by atoms with Crippen molar-refractivity contribution in [2.45, 2.75) is 0 Å². The number of barbiturate groups is 1. The van der Waals surface area contributed by atoms with Crippen LogP contribution in [0.2, 0.25) is 0 Å². The van der Waals surface area contributed by atoms with Gasteiger partial charge in [-0.1, -0.05) is 6.07 Å². The Hall–Kier alpha value is -3.13. The van der Waals surface area contributed by atoms with Gasteiger partial charge in [0.15, 0.2) is 0 Å². The van der Waals surface area contributed by atoms with Gasteiger partial charge in [0.25, 0.3) is 11.8 Å². The number of ether oxygens (including phenoxy) is 1. The van der Waals surface area contributed by atoms with E-state index in [1.807, 2.05) is 25.1 Å². The molecule has 0 spiro atoms. The average molecular weight is 444 g/mol. The van der Waals surface area contributed by atoms with Crippen LogP contribution in [0, 0.1) is 0 Å². The van der Waals surface area contributed by atoms with E-state index in [2.05, 4.69) is 21.2 Å². The number of nitrogens with zero attached hydrogens (tertiary/aromatic N) is 2. The first-order valence-electron chi connectivity index (χ1n) is 8.34. The molecule has 1 N–H and O–H groups in total. The molecule has 4 amide bonds. The first kappa shape index (κ1) is 19.6. The van der Waals surface area contributed by atoms with Gasteiger partial charge in [0.1, 0.15) is 11.3 Å². The fourth-order valence-electron chi connectivity index (χ4n) is 2.77. The summed E-state index contributed by atoms with van der Waals surface area (Å²) >= 11 is 3.48. The predicted octanol–water partition coefficient (Wildman–Crippen LogP) is 3.19. The molecule has 0 unspecified atom stereocenters. The molecule has 3 rings (SSSR count). The van der Waals surface area contributed by atoms with Crippen LogP contribution in [0.3, 0.4) is 0 Å². The maximum absolute atomic E-state index is 12.9. The molecule has 0 aliphatic carbocycles. The molecule has 28 heavy (non-hydrogen) atoms. The standard InChI is InChI=1S/C20H18BrN3O4/c1-23(2)17-9-4-12(11-16(17)21)10-15-18(25)22-20(27)24(19(15)26)13-5-7-14(28-3)8-6-13/h4-11H,1-3H3,(H,22,25,27)/b15-10+. The number of hydrogen-bond acceptors (Lipinski definition) is 5. The lowest BCUT2D eigenvalue weighted by molar-refractivity contribution is -0.122. The van der Waals surface area contributed by atoms with Gasteiger partial charge in [-0.2, -0.15) is 0 Å². The van der Waals surface area contributed by atoms with E-state index in [9.17, 15) is 14.4 Å². The van der Waals surface area contributed by atoms with Gasteiger partial charge in [0.2, 0.25) is 0 Å². The number of anilines is 2. The van der Waals surface area contributed by atoms with Crippen molar-refractivity contribution in [1.29, 1.82) is 0 Å². The monoisotopic (exact) mass is 443 g/mol. The molecule has 0 radical (unpaired) electrons. The normalized spacial score (nSPS) is 15.6. The smallest absolute Gasteiger partial charge is 0.335 e. The second-order valence-electron chi connectivity index (χ2n) is 6.26. The third kappa shape index (κ3) is 3.77. The van der Waals surface area contributed by atoms with E-state index < -0.39 is 17.8 Å². The number of nitrogens with one attached hydrogen (secondary N) is 1. The van der Waals surface area contributed by atoms with Gasteiger partial charge in [-0.3, -0.25) is 14.9 Å². The van der Waals surface area contributed by atoms with Crippen molar-refractivity contribution in [3.05, 3.63) is 58.1 Å². The maximum Gasteiger partial charge on any atom is 0.335 e. The highest BCUT2D eigenvalue weighted by atomic mass is 79.9. The van der Waals surface area contributed by atoms with Crippen molar-refractivity contribution in [1.82, 2.24) is 5.32 Å². The zero-order valence-corrected chi connectivity index (χ0v) is 17.1. The summed E-state index contributed by atoms with van der Waals surface area (Å²) in [5.41, 5.74) is 1.82. The first-order chi connectivity index (χ1) is 13.3. The molecule has 2 aromatic carbocycles. The third-order valence-corrected chi connectivity index (χ3v) is 4.83. The Bertz CT molecular complexity index is 983. The molecule has 0 bridgehead atoms. The summed E-state index contributed by atoms with van der Waals surface area (Å²) in [5, 5.41) is 2.21. The molecule has 0 atom stereocenters. The number of benzene rings is 2. The van der Waals surface area contributed by atoms with Crippen molar-refractivity contribution in [3.8, 4) is 5.75 Å². The molecule has 8 heteroatoms. The average Bonchev–Trinajstić information content (AvgIpc) is 2.65. The number of carbonyl (C=O) groups excluding carboxylic acids is 3. The fourth-order valence-corrected chi connectivity index (χ4v) is 3.52. The minimum Gasteiger partial charge on any atom is -0.497 e. The minimum absolute atomic E-state index is 0.125. The van der Waals surface area contributed by atoms with Gasteiger partial charge < -0.3 is 9.64 Å². The molecule has 1 aliphatic rings. The van der Waals surface area contributed by atoms with Crippen LogP contribution in [-0.4, -0.2) is 39.1 Å². The Morgan fingerprint density at radius 3 is 2.32 bits per heavy atom. The van der Waals surface area contributed by atoms with Crippen molar-refractivity contribution in [2.24, 2.45) is 0 Å². The van der Waals surface area contributed by atoms with Crippen LogP contribution in [0.1, 0.15) is 5.56 Å². The molecule has 144 valence electrons. The summed E-state index contributed by atoms with van der Waals surface area (Å²) in [6.07, 6.45) is 1.46. The van der Waals surface area contributed by atoms with Crippen molar-refractivity contribution in [3.63, 3.8) is 0 Å². The predicted molar refractivity (Wildman–Crippen MR) is 110 cm³/mol. The van der Waals surface area contributed by atoms with Crippen molar-refractivity contribution < 1.29 is 19.1 Å². The number of urea groups is 1. The Balaban J connectivity index is 1.97. The number of carbonyl (C=O) groups is 3. The molecule has 1 saturated heterocycles. The van der Waals surface area contributed by atoms with Crippen LogP contribution in [0.4, 0.5) is 16.2 Å². The van der Waals surface area contributed by atoms with Crippen LogP contribution >= 0.6 is 15.9 Å². The zero-order valence-electron chi connectivity index (χ0n) is 15.5. The third-order valence-electron chi connectivity index (χ3n) is 4.20. The summed E-state index contributed by atoms with van der Waals surface area (Å²) < 4.78 is 5.91. The molecule has 1 fully saturated rings. The summed E-state index contributed by atoms with van der Waals surface area (Å²) in [6.45, 7) is 0. The van der Waals surface area contributed by atoms with Crippen LogP contribution in [0.25, 0.3) is 6.08 Å². The van der Waals surface area contributed by atoms with Crippen molar-refractivity contribution >= 4 is 51.2 Å². The number of hydrogen-bond donors (Lipinski definition) is 1. The largest absolute Gasteiger partial charge is 0.497 e. The maximum atomic E-state index is 12.9. The number of rotatable bonds is 4. The van der Waals surface area contributed by atoms with Gasteiger partial charge in [0.05, 0.1) is 18.5 Å². The van der Waals surface area contributed by atoms with E-state index in [-0.39, 0.29) is 5.57 Å². The number of methoxy groups -OCH3 is 1. The number of amides is 4. The van der Waals surface area contributed by atoms with Gasteiger partial charge in [-0.25, -0.2) is 9.69 Å². The molecule has 0 saturated carbocycles. The molecule has 7 nitrogen and oxygen atoms in total. The highest BCUT2D eigenvalue weighted by Crippen LogP contribution is 2.28. The van der Waals surface area contributed by atoms with Crippen LogP contribution in [0.15, 0.2) is 52.5 Å². The molecule has 1 heterocycles. The van der Waals surface area contributed by atoms with Crippen LogP contribution < -0.4 is 19.9 Å². The Morgan fingerprint density at radius 2 is 1.75 bits per heavy atom. The van der Waals surface area contributed by atoms with E-state index in [1.54, 1.807) is 36.4 Å². The van der Waals surface area contributed by atoms with E-state index >= 15 is 0 Å². The van der Waals surface area contributed by atoms with Gasteiger partial charge in [-0.05, 0) is 64.0 Å². The van der Waals surface area contributed by atoms with E-state index in [0.717, 1.165) is 15.1 Å². The molecule has 1 aliphatic heterocycles. The molecular weight excluding hydrogens is 426 g/mol. The highest BCUT2D eigenvalue weighted by Gasteiger charge is 2.36. The second kappa shape index (κ2) is 7.85. The van der Waals surface area contributed by atoms with Crippen molar-refractivity contribution in [2.75, 3.05) is 31.0 Å².